The van der Waals surface area contributed by atoms with Crippen molar-refractivity contribution in [2.45, 2.75) is 24.3 Å². The summed E-state index contributed by atoms with van der Waals surface area (Å²) in [7, 11) is -3.92. The fourth-order valence-corrected chi connectivity index (χ4v) is 4.49. The van der Waals surface area contributed by atoms with Crippen LogP contribution in [0.1, 0.15) is 12.5 Å². The molecule has 31 heavy (non-hydrogen) atoms. The molecule has 1 atom stereocenters. The van der Waals surface area contributed by atoms with Crippen LogP contribution in [0.4, 0.5) is 5.69 Å². The molecule has 3 aromatic carbocycles. The van der Waals surface area contributed by atoms with E-state index in [-0.39, 0.29) is 11.3 Å². The Morgan fingerprint density at radius 3 is 2.23 bits per heavy atom. The molecule has 8 heteroatoms. The average molecular weight is 550 g/mol. The first-order valence-electron chi connectivity index (χ1n) is 9.73. The van der Waals surface area contributed by atoms with Gasteiger partial charge in [-0.3, -0.25) is 4.79 Å². The lowest BCUT2D eigenvalue weighted by Gasteiger charge is -2.19. The quantitative estimate of drug-likeness (QED) is 0.391. The molecule has 162 valence electrons. The third kappa shape index (κ3) is 6.78. The second-order valence-electron chi connectivity index (χ2n) is 6.76. The number of hydrogen-bond acceptors (Lipinski definition) is 4. The molecule has 0 heterocycles. The van der Waals surface area contributed by atoms with Crippen LogP contribution in [0.15, 0.2) is 83.8 Å². The van der Waals surface area contributed by atoms with Crippen molar-refractivity contribution in [1.82, 2.24) is 4.72 Å². The number of carbonyl (C=O) groups excluding carboxylic acids is 1. The van der Waals surface area contributed by atoms with Crippen LogP contribution < -0.4 is 14.8 Å². The predicted molar refractivity (Wildman–Crippen MR) is 130 cm³/mol. The van der Waals surface area contributed by atoms with Gasteiger partial charge in [0.25, 0.3) is 0 Å². The highest BCUT2D eigenvalue weighted by atomic mass is 127. The Hall–Kier alpha value is -2.43. The topological polar surface area (TPSA) is 84.5 Å². The van der Waals surface area contributed by atoms with Crippen molar-refractivity contribution >= 4 is 44.2 Å². The molecule has 0 saturated heterocycles. The van der Waals surface area contributed by atoms with E-state index in [0.717, 1.165) is 9.13 Å². The van der Waals surface area contributed by atoms with Gasteiger partial charge in [-0.05, 0) is 90.0 Å². The van der Waals surface area contributed by atoms with Crippen molar-refractivity contribution < 1.29 is 17.9 Å². The molecule has 6 nitrogen and oxygen atoms in total. The number of amides is 1. The van der Waals surface area contributed by atoms with Gasteiger partial charge in [0.1, 0.15) is 11.8 Å². The van der Waals surface area contributed by atoms with Gasteiger partial charge in [-0.25, -0.2) is 8.42 Å². The molecule has 0 aliphatic heterocycles. The lowest BCUT2D eigenvalue weighted by molar-refractivity contribution is -0.117. The number of anilines is 1. The number of halogens is 1. The molecule has 0 aliphatic carbocycles. The number of rotatable bonds is 9. The zero-order valence-electron chi connectivity index (χ0n) is 16.9. The minimum absolute atomic E-state index is 0.0658. The van der Waals surface area contributed by atoms with Crippen molar-refractivity contribution in [3.8, 4) is 5.75 Å². The zero-order valence-corrected chi connectivity index (χ0v) is 19.9. The maximum absolute atomic E-state index is 13.0. The number of nitrogens with one attached hydrogen (secondary N) is 2. The van der Waals surface area contributed by atoms with Crippen LogP contribution in [0.25, 0.3) is 0 Å². The largest absolute Gasteiger partial charge is 0.494 e. The monoisotopic (exact) mass is 550 g/mol. The average Bonchev–Trinajstić information content (AvgIpc) is 2.76. The number of ether oxygens (including phenoxy) is 1. The highest BCUT2D eigenvalue weighted by Gasteiger charge is 2.26. The Labute approximate surface area is 196 Å². The molecule has 0 aliphatic rings. The van der Waals surface area contributed by atoms with E-state index in [4.69, 9.17) is 4.74 Å². The standard InChI is InChI=1S/C23H23IN2O4S/c1-2-30-20-12-14-21(15-13-20)31(28,29)26-22(16-17-6-4-3-5-7-17)23(27)25-19-10-8-18(24)9-11-19/h3-15,22,26H,2,16H2,1H3,(H,25,27)/t22-/m1/s1. The fraction of sp³-hybridized carbons (Fsp3) is 0.174. The van der Waals surface area contributed by atoms with Crippen molar-refractivity contribution in [3.63, 3.8) is 0 Å². The van der Waals surface area contributed by atoms with Crippen LogP contribution in [-0.4, -0.2) is 27.0 Å². The van der Waals surface area contributed by atoms with Crippen LogP contribution in [0.3, 0.4) is 0 Å². The molecular weight excluding hydrogens is 527 g/mol. The van der Waals surface area contributed by atoms with E-state index < -0.39 is 22.0 Å². The summed E-state index contributed by atoms with van der Waals surface area (Å²) in [6, 6.07) is 21.7. The van der Waals surface area contributed by atoms with E-state index in [9.17, 15) is 13.2 Å². The minimum atomic E-state index is -3.92. The van der Waals surface area contributed by atoms with Crippen molar-refractivity contribution in [2.75, 3.05) is 11.9 Å². The van der Waals surface area contributed by atoms with Crippen molar-refractivity contribution in [3.05, 3.63) is 88.0 Å². The molecule has 0 saturated carbocycles. The molecule has 0 radical (unpaired) electrons. The molecule has 3 rings (SSSR count). The van der Waals surface area contributed by atoms with E-state index in [1.165, 1.54) is 12.1 Å². The van der Waals surface area contributed by atoms with E-state index in [2.05, 4.69) is 32.6 Å². The number of benzene rings is 3. The van der Waals surface area contributed by atoms with Crippen LogP contribution in [0.5, 0.6) is 5.75 Å². The van der Waals surface area contributed by atoms with Crippen LogP contribution >= 0.6 is 22.6 Å². The third-order valence-corrected chi connectivity index (χ3v) is 6.66. The van der Waals surface area contributed by atoms with Gasteiger partial charge < -0.3 is 10.1 Å². The van der Waals surface area contributed by atoms with E-state index in [1.54, 1.807) is 24.3 Å². The molecule has 2 N–H and O–H groups in total. The predicted octanol–water partition coefficient (Wildman–Crippen LogP) is 4.22. The van der Waals surface area contributed by atoms with Gasteiger partial charge in [0.2, 0.25) is 15.9 Å². The molecule has 0 aromatic heterocycles. The van der Waals surface area contributed by atoms with Gasteiger partial charge in [-0.1, -0.05) is 30.3 Å². The number of sulfonamides is 1. The fourth-order valence-electron chi connectivity index (χ4n) is 2.94. The summed E-state index contributed by atoms with van der Waals surface area (Å²) in [5.74, 6) is 0.151. The second kappa shape index (κ2) is 10.7. The normalized spacial score (nSPS) is 12.2. The summed E-state index contributed by atoms with van der Waals surface area (Å²) in [5, 5.41) is 2.80. The SMILES string of the molecule is CCOc1ccc(S(=O)(=O)N[C@H](Cc2ccccc2)C(=O)Nc2ccc(I)cc2)cc1. The molecule has 0 bridgehead atoms. The van der Waals surface area contributed by atoms with Gasteiger partial charge in [-0.15, -0.1) is 0 Å². The second-order valence-corrected chi connectivity index (χ2v) is 9.72. The molecule has 0 unspecified atom stereocenters. The lowest BCUT2D eigenvalue weighted by Crippen LogP contribution is -2.45. The molecule has 0 spiro atoms. The number of carbonyl (C=O) groups is 1. The smallest absolute Gasteiger partial charge is 0.242 e. The van der Waals surface area contributed by atoms with Crippen LogP contribution in [-0.2, 0) is 21.2 Å². The Morgan fingerprint density at radius 2 is 1.61 bits per heavy atom. The lowest BCUT2D eigenvalue weighted by atomic mass is 10.1. The van der Waals surface area contributed by atoms with Crippen LogP contribution in [0, 0.1) is 3.57 Å². The zero-order chi connectivity index (χ0) is 22.3. The first-order valence-corrected chi connectivity index (χ1v) is 12.3. The summed E-state index contributed by atoms with van der Waals surface area (Å²) >= 11 is 2.18. The van der Waals surface area contributed by atoms with Crippen molar-refractivity contribution in [1.29, 1.82) is 0 Å². The third-order valence-electron chi connectivity index (χ3n) is 4.45. The summed E-state index contributed by atoms with van der Waals surface area (Å²) in [6.45, 7) is 2.34. The summed E-state index contributed by atoms with van der Waals surface area (Å²) < 4.78 is 34.9. The maximum Gasteiger partial charge on any atom is 0.242 e. The maximum atomic E-state index is 13.0. The Morgan fingerprint density at radius 1 is 0.968 bits per heavy atom. The molecular formula is C23H23IN2O4S. The molecule has 1 amide bonds. The van der Waals surface area contributed by atoms with Gasteiger partial charge in [-0.2, -0.15) is 4.72 Å². The van der Waals surface area contributed by atoms with E-state index in [1.807, 2.05) is 49.4 Å². The van der Waals surface area contributed by atoms with Crippen molar-refractivity contribution in [2.24, 2.45) is 0 Å². The summed E-state index contributed by atoms with van der Waals surface area (Å²) in [4.78, 5) is 13.1. The first kappa shape index (κ1) is 23.2. The summed E-state index contributed by atoms with van der Waals surface area (Å²) in [5.41, 5.74) is 1.45. The van der Waals surface area contributed by atoms with Gasteiger partial charge in [0, 0.05) is 9.26 Å². The highest BCUT2D eigenvalue weighted by molar-refractivity contribution is 14.1. The molecule has 3 aromatic rings. The Bertz CT molecular complexity index is 1100. The van der Waals surface area contributed by atoms with Crippen LogP contribution in [0.2, 0.25) is 0 Å². The molecule has 0 fully saturated rings. The van der Waals surface area contributed by atoms with Gasteiger partial charge >= 0.3 is 0 Å². The Kier molecular flexibility index (Phi) is 8.05. The van der Waals surface area contributed by atoms with Gasteiger partial charge in [0.05, 0.1) is 11.5 Å². The van der Waals surface area contributed by atoms with E-state index >= 15 is 0 Å². The summed E-state index contributed by atoms with van der Waals surface area (Å²) in [6.07, 6.45) is 0.216. The number of hydrogen-bond donors (Lipinski definition) is 2. The minimum Gasteiger partial charge on any atom is -0.494 e. The Balaban J connectivity index is 1.82. The highest BCUT2D eigenvalue weighted by Crippen LogP contribution is 2.18. The first-order chi connectivity index (χ1) is 14.9. The van der Waals surface area contributed by atoms with E-state index in [0.29, 0.717) is 18.0 Å². The van der Waals surface area contributed by atoms with Gasteiger partial charge in [0.15, 0.2) is 0 Å².